The van der Waals surface area contributed by atoms with E-state index >= 15 is 0 Å². The van der Waals surface area contributed by atoms with Gasteiger partial charge in [0.25, 0.3) is 5.91 Å². The molecule has 2 amide bonds. The molecule has 0 aliphatic carbocycles. The maximum atomic E-state index is 13.0. The first-order valence-corrected chi connectivity index (χ1v) is 9.18. The Kier molecular flexibility index (Phi) is 4.92. The average molecular weight is 332 g/mol. The van der Waals surface area contributed by atoms with E-state index in [1.807, 2.05) is 16.7 Å². The van der Waals surface area contributed by atoms with Crippen LogP contribution in [0.15, 0.2) is 6.20 Å². The Labute approximate surface area is 143 Å². The third-order valence-electron chi connectivity index (χ3n) is 5.53. The van der Waals surface area contributed by atoms with Crippen molar-refractivity contribution in [1.29, 1.82) is 0 Å². The van der Waals surface area contributed by atoms with Gasteiger partial charge in [0.05, 0.1) is 11.8 Å². The van der Waals surface area contributed by atoms with E-state index in [9.17, 15) is 9.59 Å². The van der Waals surface area contributed by atoms with Crippen molar-refractivity contribution in [2.24, 2.45) is 5.41 Å². The van der Waals surface area contributed by atoms with Crippen molar-refractivity contribution in [2.45, 2.75) is 52.4 Å². The fourth-order valence-electron chi connectivity index (χ4n) is 4.21. The molecule has 1 atom stereocenters. The van der Waals surface area contributed by atoms with Gasteiger partial charge in [0.1, 0.15) is 0 Å². The molecule has 1 unspecified atom stereocenters. The summed E-state index contributed by atoms with van der Waals surface area (Å²) in [5.74, 6) is 0.345. The predicted octanol–water partition coefficient (Wildman–Crippen LogP) is 2.23. The minimum absolute atomic E-state index is 0.0759. The highest BCUT2D eigenvalue weighted by atomic mass is 16.2. The van der Waals surface area contributed by atoms with Crippen LogP contribution in [-0.4, -0.2) is 58.0 Å². The van der Waals surface area contributed by atoms with Crippen LogP contribution in [0.2, 0.25) is 0 Å². The van der Waals surface area contributed by atoms with Crippen LogP contribution in [0.1, 0.15) is 62.0 Å². The molecule has 0 bridgehead atoms. The molecule has 1 N–H and O–H groups in total. The number of H-pyrrole nitrogens is 1. The van der Waals surface area contributed by atoms with Crippen LogP contribution in [0, 0.1) is 5.41 Å². The van der Waals surface area contributed by atoms with Gasteiger partial charge in [0, 0.05) is 43.7 Å². The second-order valence-electron chi connectivity index (χ2n) is 7.25. The second kappa shape index (κ2) is 6.95. The van der Waals surface area contributed by atoms with Crippen LogP contribution in [0.25, 0.3) is 0 Å². The zero-order valence-corrected chi connectivity index (χ0v) is 14.8. The number of nitrogens with one attached hydrogen (secondary N) is 1. The van der Waals surface area contributed by atoms with E-state index < -0.39 is 0 Å². The molecular formula is C18H28N4O2. The normalized spacial score (nSPS) is 24.7. The van der Waals surface area contributed by atoms with Gasteiger partial charge in [-0.05, 0) is 32.6 Å². The van der Waals surface area contributed by atoms with Crippen LogP contribution in [0.4, 0.5) is 0 Å². The number of likely N-dealkylation sites (tertiary alicyclic amines) is 2. The molecule has 1 spiro atoms. The number of carbonyl (C=O) groups excluding carboxylic acids is 2. The maximum Gasteiger partial charge on any atom is 0.257 e. The van der Waals surface area contributed by atoms with Gasteiger partial charge in [-0.1, -0.05) is 13.3 Å². The van der Waals surface area contributed by atoms with Crippen LogP contribution in [0.3, 0.4) is 0 Å². The topological polar surface area (TPSA) is 69.3 Å². The Morgan fingerprint density at radius 3 is 2.92 bits per heavy atom. The maximum absolute atomic E-state index is 13.0. The number of nitrogens with zero attached hydrogens (tertiary/aromatic N) is 3. The number of hydrogen-bond acceptors (Lipinski definition) is 3. The van der Waals surface area contributed by atoms with Crippen molar-refractivity contribution in [3.63, 3.8) is 0 Å². The van der Waals surface area contributed by atoms with Crippen LogP contribution >= 0.6 is 0 Å². The standard InChI is InChI=1S/C18H28N4O2/c1-3-6-15-14(11-19-20-15)17(24)22-10-5-8-18(13-22)9-7-16(23)21(4-2)12-18/h11H,3-10,12-13H2,1-2H3,(H,19,20). The number of piperidine rings is 2. The monoisotopic (exact) mass is 332 g/mol. The van der Waals surface area contributed by atoms with Gasteiger partial charge in [-0.25, -0.2) is 0 Å². The minimum Gasteiger partial charge on any atom is -0.342 e. The van der Waals surface area contributed by atoms with Gasteiger partial charge < -0.3 is 9.80 Å². The SMILES string of the molecule is CCCc1[nH]ncc1C(=O)N1CCCC2(CCC(=O)N(CC)C2)C1. The first-order valence-electron chi connectivity index (χ1n) is 9.18. The number of aryl methyl sites for hydroxylation is 1. The summed E-state index contributed by atoms with van der Waals surface area (Å²) in [7, 11) is 0. The van der Waals surface area contributed by atoms with E-state index in [2.05, 4.69) is 17.1 Å². The lowest BCUT2D eigenvalue weighted by Crippen LogP contribution is -2.55. The highest BCUT2D eigenvalue weighted by molar-refractivity contribution is 5.95. The molecule has 6 heteroatoms. The molecule has 2 fully saturated rings. The van der Waals surface area contributed by atoms with E-state index in [1.54, 1.807) is 6.20 Å². The van der Waals surface area contributed by atoms with Gasteiger partial charge in [-0.3, -0.25) is 14.7 Å². The van der Waals surface area contributed by atoms with Crippen LogP contribution in [0.5, 0.6) is 0 Å². The largest absolute Gasteiger partial charge is 0.342 e. The number of aromatic amines is 1. The Morgan fingerprint density at radius 1 is 1.33 bits per heavy atom. The predicted molar refractivity (Wildman–Crippen MR) is 91.6 cm³/mol. The molecule has 2 aliphatic rings. The molecule has 0 aromatic carbocycles. The lowest BCUT2D eigenvalue weighted by molar-refractivity contribution is -0.138. The Balaban J connectivity index is 1.74. The van der Waals surface area contributed by atoms with Crippen LogP contribution in [-0.2, 0) is 11.2 Å². The summed E-state index contributed by atoms with van der Waals surface area (Å²) in [5, 5.41) is 7.04. The lowest BCUT2D eigenvalue weighted by Gasteiger charge is -2.48. The van der Waals surface area contributed by atoms with Gasteiger partial charge in [-0.15, -0.1) is 0 Å². The molecule has 0 saturated carbocycles. The Morgan fingerprint density at radius 2 is 2.17 bits per heavy atom. The molecule has 3 heterocycles. The van der Waals surface area contributed by atoms with Gasteiger partial charge >= 0.3 is 0 Å². The summed E-state index contributed by atoms with van der Waals surface area (Å²) in [5.41, 5.74) is 1.73. The number of carbonyl (C=O) groups is 2. The Bertz CT molecular complexity index is 612. The number of amides is 2. The number of hydrogen-bond donors (Lipinski definition) is 1. The summed E-state index contributed by atoms with van der Waals surface area (Å²) >= 11 is 0. The molecule has 3 rings (SSSR count). The lowest BCUT2D eigenvalue weighted by atomic mass is 9.73. The summed E-state index contributed by atoms with van der Waals surface area (Å²) in [6.45, 7) is 7.24. The number of aromatic nitrogens is 2. The van der Waals surface area contributed by atoms with Crippen molar-refractivity contribution >= 4 is 11.8 Å². The fourth-order valence-corrected chi connectivity index (χ4v) is 4.21. The molecular weight excluding hydrogens is 304 g/mol. The van der Waals surface area contributed by atoms with Crippen LogP contribution < -0.4 is 0 Å². The smallest absolute Gasteiger partial charge is 0.257 e. The summed E-state index contributed by atoms with van der Waals surface area (Å²) < 4.78 is 0. The third kappa shape index (κ3) is 3.19. The minimum atomic E-state index is 0.0759. The molecule has 132 valence electrons. The van der Waals surface area contributed by atoms with Gasteiger partial charge in [0.2, 0.25) is 5.91 Å². The van der Waals surface area contributed by atoms with Crippen molar-refractivity contribution in [3.8, 4) is 0 Å². The molecule has 0 radical (unpaired) electrons. The molecule has 24 heavy (non-hydrogen) atoms. The van der Waals surface area contributed by atoms with Crippen molar-refractivity contribution in [1.82, 2.24) is 20.0 Å². The highest BCUT2D eigenvalue weighted by Gasteiger charge is 2.42. The molecule has 2 saturated heterocycles. The summed E-state index contributed by atoms with van der Waals surface area (Å²) in [4.78, 5) is 28.9. The van der Waals surface area contributed by atoms with Crippen molar-refractivity contribution in [3.05, 3.63) is 17.5 Å². The van der Waals surface area contributed by atoms with E-state index in [1.165, 1.54) is 0 Å². The molecule has 2 aliphatic heterocycles. The van der Waals surface area contributed by atoms with Crippen molar-refractivity contribution < 1.29 is 9.59 Å². The zero-order valence-electron chi connectivity index (χ0n) is 14.8. The van der Waals surface area contributed by atoms with E-state index in [4.69, 9.17) is 0 Å². The third-order valence-corrected chi connectivity index (χ3v) is 5.53. The summed E-state index contributed by atoms with van der Waals surface area (Å²) in [6, 6.07) is 0. The first kappa shape index (κ1) is 17.0. The molecule has 1 aromatic rings. The van der Waals surface area contributed by atoms with Crippen molar-refractivity contribution in [2.75, 3.05) is 26.2 Å². The van der Waals surface area contributed by atoms with Gasteiger partial charge in [0.15, 0.2) is 0 Å². The van der Waals surface area contributed by atoms with Gasteiger partial charge in [-0.2, -0.15) is 5.10 Å². The quantitative estimate of drug-likeness (QED) is 0.919. The summed E-state index contributed by atoms with van der Waals surface area (Å²) in [6.07, 6.45) is 7.13. The molecule has 6 nitrogen and oxygen atoms in total. The first-order chi connectivity index (χ1) is 11.6. The van der Waals surface area contributed by atoms with E-state index in [0.29, 0.717) is 12.0 Å². The second-order valence-corrected chi connectivity index (χ2v) is 7.25. The number of rotatable bonds is 4. The average Bonchev–Trinajstić information content (AvgIpc) is 3.05. The zero-order chi connectivity index (χ0) is 17.2. The molecule has 1 aromatic heterocycles. The van der Waals surface area contributed by atoms with E-state index in [-0.39, 0.29) is 17.2 Å². The Hall–Kier alpha value is -1.85. The fraction of sp³-hybridized carbons (Fsp3) is 0.722. The highest BCUT2D eigenvalue weighted by Crippen LogP contribution is 2.39. The van der Waals surface area contributed by atoms with E-state index in [0.717, 1.165) is 64.0 Å².